The van der Waals surface area contributed by atoms with Gasteiger partial charge in [-0.25, -0.2) is 0 Å². The summed E-state index contributed by atoms with van der Waals surface area (Å²) >= 11 is 0. The van der Waals surface area contributed by atoms with Gasteiger partial charge in [-0.05, 0) is 23.8 Å². The summed E-state index contributed by atoms with van der Waals surface area (Å²) in [5, 5.41) is 6.65. The molecule has 2 aromatic rings. The van der Waals surface area contributed by atoms with Crippen LogP contribution in [0, 0.1) is 0 Å². The van der Waals surface area contributed by atoms with Gasteiger partial charge in [0.2, 0.25) is 0 Å². The molecule has 2 N–H and O–H groups in total. The van der Waals surface area contributed by atoms with Gasteiger partial charge in [-0.15, -0.1) is 24.0 Å². The molecule has 23 heavy (non-hydrogen) atoms. The maximum atomic E-state index is 5.92. The molecule has 0 aliphatic carbocycles. The molecule has 0 fully saturated rings. The Bertz CT molecular complexity index is 602. The molecule has 1 unspecified atom stereocenters. The molecule has 1 aromatic heterocycles. The molecule has 0 amide bonds. The lowest BCUT2D eigenvalue weighted by Gasteiger charge is -2.15. The van der Waals surface area contributed by atoms with Crippen LogP contribution in [0.4, 0.5) is 0 Å². The SMILES string of the molecule is CN=C(NCCn1cccc1)NCC1Cc2ccccc2O1.I. The van der Waals surface area contributed by atoms with Gasteiger partial charge in [-0.2, -0.15) is 0 Å². The number of aromatic nitrogens is 1. The molecular weight excluding hydrogens is 403 g/mol. The third kappa shape index (κ3) is 4.89. The van der Waals surface area contributed by atoms with Crippen LogP contribution in [0.1, 0.15) is 5.56 Å². The largest absolute Gasteiger partial charge is 0.488 e. The van der Waals surface area contributed by atoms with Gasteiger partial charge in [0.05, 0.1) is 6.54 Å². The standard InChI is InChI=1S/C17H22N4O.HI/c1-18-17(19-8-11-21-9-4-5-10-21)20-13-15-12-14-6-2-3-7-16(14)22-15;/h2-7,9-10,15H,8,11-13H2,1H3,(H2,18,19,20);1H. The first-order valence-electron chi connectivity index (χ1n) is 7.65. The Labute approximate surface area is 154 Å². The zero-order chi connectivity index (χ0) is 15.2. The lowest BCUT2D eigenvalue weighted by Crippen LogP contribution is -2.43. The van der Waals surface area contributed by atoms with Crippen molar-refractivity contribution in [1.82, 2.24) is 15.2 Å². The number of hydrogen-bond donors (Lipinski definition) is 2. The van der Waals surface area contributed by atoms with Crippen molar-refractivity contribution < 1.29 is 4.74 Å². The minimum Gasteiger partial charge on any atom is -0.488 e. The van der Waals surface area contributed by atoms with Gasteiger partial charge >= 0.3 is 0 Å². The Hall–Kier alpha value is -1.70. The van der Waals surface area contributed by atoms with E-state index in [0.717, 1.165) is 37.8 Å². The van der Waals surface area contributed by atoms with E-state index in [1.807, 2.05) is 24.3 Å². The van der Waals surface area contributed by atoms with Crippen molar-refractivity contribution in [3.63, 3.8) is 0 Å². The minimum absolute atomic E-state index is 0. The van der Waals surface area contributed by atoms with Crippen LogP contribution in [-0.2, 0) is 13.0 Å². The van der Waals surface area contributed by atoms with Crippen molar-refractivity contribution in [2.24, 2.45) is 4.99 Å². The molecule has 0 radical (unpaired) electrons. The molecule has 2 heterocycles. The van der Waals surface area contributed by atoms with Crippen molar-refractivity contribution in [2.75, 3.05) is 20.1 Å². The summed E-state index contributed by atoms with van der Waals surface area (Å²) in [5.41, 5.74) is 1.28. The molecular formula is C17H23IN4O. The normalized spacial score (nSPS) is 16.2. The van der Waals surface area contributed by atoms with Crippen LogP contribution in [-0.4, -0.2) is 36.8 Å². The summed E-state index contributed by atoms with van der Waals surface area (Å²) < 4.78 is 8.05. The fourth-order valence-corrected chi connectivity index (χ4v) is 2.62. The van der Waals surface area contributed by atoms with E-state index in [9.17, 15) is 0 Å². The first-order chi connectivity index (χ1) is 10.8. The summed E-state index contributed by atoms with van der Waals surface area (Å²) in [6.45, 7) is 2.50. The fraction of sp³-hybridized carbons (Fsp3) is 0.353. The van der Waals surface area contributed by atoms with Crippen molar-refractivity contribution >= 4 is 29.9 Å². The highest BCUT2D eigenvalue weighted by atomic mass is 127. The zero-order valence-corrected chi connectivity index (χ0v) is 15.6. The van der Waals surface area contributed by atoms with E-state index in [0.29, 0.717) is 0 Å². The Kier molecular flexibility index (Phi) is 6.76. The molecule has 3 rings (SSSR count). The number of fused-ring (bicyclic) bond motifs is 1. The highest BCUT2D eigenvalue weighted by Crippen LogP contribution is 2.27. The maximum Gasteiger partial charge on any atom is 0.191 e. The molecule has 6 heteroatoms. The van der Waals surface area contributed by atoms with Gasteiger partial charge in [0.1, 0.15) is 11.9 Å². The van der Waals surface area contributed by atoms with Crippen LogP contribution in [0.15, 0.2) is 53.8 Å². The monoisotopic (exact) mass is 426 g/mol. The number of para-hydroxylation sites is 1. The molecule has 5 nitrogen and oxygen atoms in total. The highest BCUT2D eigenvalue weighted by molar-refractivity contribution is 14.0. The molecule has 0 saturated heterocycles. The summed E-state index contributed by atoms with van der Waals surface area (Å²) in [6.07, 6.45) is 5.23. The Morgan fingerprint density at radius 3 is 2.74 bits per heavy atom. The van der Waals surface area contributed by atoms with Gasteiger partial charge in [0.15, 0.2) is 5.96 Å². The van der Waals surface area contributed by atoms with Gasteiger partial charge in [0, 0.05) is 39.0 Å². The number of rotatable bonds is 5. The predicted molar refractivity (Wildman–Crippen MR) is 104 cm³/mol. The first-order valence-corrected chi connectivity index (χ1v) is 7.65. The van der Waals surface area contributed by atoms with Crippen LogP contribution in [0.5, 0.6) is 5.75 Å². The number of ether oxygens (including phenoxy) is 1. The number of nitrogens with zero attached hydrogens (tertiary/aromatic N) is 2. The maximum absolute atomic E-state index is 5.92. The first kappa shape index (κ1) is 17.7. The molecule has 0 saturated carbocycles. The van der Waals surface area contributed by atoms with Gasteiger partial charge in [0.25, 0.3) is 0 Å². The van der Waals surface area contributed by atoms with Crippen LogP contribution in [0.3, 0.4) is 0 Å². The van der Waals surface area contributed by atoms with E-state index in [1.54, 1.807) is 7.05 Å². The van der Waals surface area contributed by atoms with Crippen molar-refractivity contribution in [3.05, 3.63) is 54.4 Å². The van der Waals surface area contributed by atoms with Crippen LogP contribution in [0.25, 0.3) is 0 Å². The van der Waals surface area contributed by atoms with Gasteiger partial charge < -0.3 is 19.9 Å². The van der Waals surface area contributed by atoms with Crippen LogP contribution >= 0.6 is 24.0 Å². The molecule has 1 aliphatic heterocycles. The van der Waals surface area contributed by atoms with Gasteiger partial charge in [-0.3, -0.25) is 4.99 Å². The smallest absolute Gasteiger partial charge is 0.191 e. The molecule has 1 aliphatic rings. The lowest BCUT2D eigenvalue weighted by molar-refractivity contribution is 0.235. The number of guanidine groups is 1. The summed E-state index contributed by atoms with van der Waals surface area (Å²) in [5.74, 6) is 1.82. The highest BCUT2D eigenvalue weighted by Gasteiger charge is 2.22. The van der Waals surface area contributed by atoms with E-state index >= 15 is 0 Å². The van der Waals surface area contributed by atoms with Crippen LogP contribution in [0.2, 0.25) is 0 Å². The summed E-state index contributed by atoms with van der Waals surface area (Å²) in [7, 11) is 1.79. The topological polar surface area (TPSA) is 50.6 Å². The number of halogens is 1. The second kappa shape index (κ2) is 8.81. The van der Waals surface area contributed by atoms with E-state index in [-0.39, 0.29) is 30.1 Å². The van der Waals surface area contributed by atoms with E-state index < -0.39 is 0 Å². The van der Waals surface area contributed by atoms with Crippen molar-refractivity contribution in [1.29, 1.82) is 0 Å². The van der Waals surface area contributed by atoms with Crippen molar-refractivity contribution in [2.45, 2.75) is 19.1 Å². The second-order valence-corrected chi connectivity index (χ2v) is 5.35. The molecule has 0 spiro atoms. The molecule has 0 bridgehead atoms. The summed E-state index contributed by atoms with van der Waals surface area (Å²) in [6, 6.07) is 12.3. The van der Waals surface area contributed by atoms with E-state index in [1.165, 1.54) is 5.56 Å². The van der Waals surface area contributed by atoms with E-state index in [2.05, 4.69) is 44.7 Å². The fourth-order valence-electron chi connectivity index (χ4n) is 2.62. The molecule has 124 valence electrons. The Morgan fingerprint density at radius 2 is 2.00 bits per heavy atom. The Balaban J connectivity index is 0.00000192. The molecule has 1 atom stereocenters. The predicted octanol–water partition coefficient (Wildman–Crippen LogP) is 2.27. The van der Waals surface area contributed by atoms with Gasteiger partial charge in [-0.1, -0.05) is 18.2 Å². The molecule has 1 aromatic carbocycles. The van der Waals surface area contributed by atoms with Crippen molar-refractivity contribution in [3.8, 4) is 5.75 Å². The van der Waals surface area contributed by atoms with E-state index in [4.69, 9.17) is 4.74 Å². The third-order valence-electron chi connectivity index (χ3n) is 3.76. The van der Waals surface area contributed by atoms with Crippen LogP contribution < -0.4 is 15.4 Å². The minimum atomic E-state index is 0. The summed E-state index contributed by atoms with van der Waals surface area (Å²) in [4.78, 5) is 4.25. The number of nitrogens with one attached hydrogen (secondary N) is 2. The lowest BCUT2D eigenvalue weighted by atomic mass is 10.1. The third-order valence-corrected chi connectivity index (χ3v) is 3.76. The number of aliphatic imine (C=N–C) groups is 1. The quantitative estimate of drug-likeness (QED) is 0.438. The zero-order valence-electron chi connectivity index (χ0n) is 13.2. The average molecular weight is 426 g/mol. The Morgan fingerprint density at radius 1 is 1.22 bits per heavy atom. The number of hydrogen-bond acceptors (Lipinski definition) is 2. The average Bonchev–Trinajstić information content (AvgIpc) is 3.19. The second-order valence-electron chi connectivity index (χ2n) is 5.35. The number of benzene rings is 1.